The van der Waals surface area contributed by atoms with Crippen LogP contribution in [0.25, 0.3) is 32.9 Å². The Morgan fingerprint density at radius 1 is 0.739 bits per heavy atom. The zero-order valence-electron chi connectivity index (χ0n) is 13.3. The minimum atomic E-state index is 0.0105. The van der Waals surface area contributed by atoms with E-state index in [0.29, 0.717) is 0 Å². The maximum Gasteiger partial charge on any atom is 0.0707 e. The average molecular weight is 298 g/mol. The minimum Gasteiger partial charge on any atom is -0.339 e. The second-order valence-corrected chi connectivity index (χ2v) is 6.97. The van der Waals surface area contributed by atoms with Gasteiger partial charge in [0.1, 0.15) is 0 Å². The first-order valence-electron chi connectivity index (χ1n) is 8.01. The zero-order chi connectivity index (χ0) is 15.8. The van der Waals surface area contributed by atoms with Crippen molar-refractivity contribution in [2.45, 2.75) is 19.3 Å². The lowest BCUT2D eigenvalue weighted by atomic mass is 9.82. The highest BCUT2D eigenvalue weighted by Crippen LogP contribution is 2.50. The fourth-order valence-electron chi connectivity index (χ4n) is 4.19. The zero-order valence-corrected chi connectivity index (χ0v) is 13.3. The van der Waals surface area contributed by atoms with E-state index in [1.165, 1.54) is 33.0 Å². The molecule has 0 bridgehead atoms. The van der Waals surface area contributed by atoms with Crippen LogP contribution in [-0.2, 0) is 5.41 Å². The van der Waals surface area contributed by atoms with Gasteiger partial charge in [-0.05, 0) is 40.5 Å². The summed E-state index contributed by atoms with van der Waals surface area (Å²) in [5, 5.41) is 2.45. The van der Waals surface area contributed by atoms with Crippen LogP contribution in [0.1, 0.15) is 25.0 Å². The summed E-state index contributed by atoms with van der Waals surface area (Å²) < 4.78 is 1.82. The predicted molar refractivity (Wildman–Crippen MR) is 97.2 cm³/mol. The van der Waals surface area contributed by atoms with Crippen LogP contribution in [0.2, 0.25) is 0 Å². The third-order valence-corrected chi connectivity index (χ3v) is 5.41. The molecule has 0 unspecified atom stereocenters. The molecule has 0 aliphatic heterocycles. The number of hydrogen-bond donors (Lipinski definition) is 1. The van der Waals surface area contributed by atoms with Crippen molar-refractivity contribution in [1.29, 1.82) is 0 Å². The first kappa shape index (κ1) is 12.8. The molecule has 2 N–H and O–H groups in total. The van der Waals surface area contributed by atoms with Gasteiger partial charge in [-0.15, -0.1) is 0 Å². The number of nitrogens with zero attached hydrogens (tertiary/aromatic N) is 1. The quantitative estimate of drug-likeness (QED) is 0.464. The molecule has 0 amide bonds. The lowest BCUT2D eigenvalue weighted by Gasteiger charge is -2.21. The lowest BCUT2D eigenvalue weighted by molar-refractivity contribution is 0.661. The Bertz CT molecular complexity index is 1100. The Labute approximate surface area is 135 Å². The van der Waals surface area contributed by atoms with Crippen LogP contribution in [0.4, 0.5) is 0 Å². The van der Waals surface area contributed by atoms with Crippen LogP contribution in [0, 0.1) is 0 Å². The van der Waals surface area contributed by atoms with E-state index in [-0.39, 0.29) is 5.41 Å². The molecule has 2 heteroatoms. The van der Waals surface area contributed by atoms with Gasteiger partial charge in [-0.25, -0.2) is 0 Å². The Hall–Kier alpha value is -2.74. The molecule has 0 atom stereocenters. The molecule has 0 radical (unpaired) electrons. The highest BCUT2D eigenvalue weighted by Gasteiger charge is 2.35. The Balaban J connectivity index is 1.98. The summed E-state index contributed by atoms with van der Waals surface area (Å²) >= 11 is 0. The molecule has 1 aliphatic rings. The summed E-state index contributed by atoms with van der Waals surface area (Å²) in [5.41, 5.74) is 7.65. The van der Waals surface area contributed by atoms with Gasteiger partial charge in [0, 0.05) is 16.2 Å². The van der Waals surface area contributed by atoms with Gasteiger partial charge in [0.15, 0.2) is 0 Å². The van der Waals surface area contributed by atoms with Crippen LogP contribution < -0.4 is 5.84 Å². The van der Waals surface area contributed by atoms with Crippen LogP contribution >= 0.6 is 0 Å². The number of nitrogen functional groups attached to an aromatic ring is 1. The van der Waals surface area contributed by atoms with Crippen LogP contribution in [0.3, 0.4) is 0 Å². The summed E-state index contributed by atoms with van der Waals surface area (Å²) in [5.74, 6) is 6.38. The number of benzene rings is 3. The summed E-state index contributed by atoms with van der Waals surface area (Å²) in [6.07, 6.45) is 0. The van der Waals surface area contributed by atoms with E-state index >= 15 is 0 Å². The average Bonchev–Trinajstić information content (AvgIpc) is 2.98. The molecule has 1 aliphatic carbocycles. The van der Waals surface area contributed by atoms with Gasteiger partial charge in [0.2, 0.25) is 0 Å². The highest BCUT2D eigenvalue weighted by atomic mass is 15.3. The standard InChI is InChI=1S/C21H18N2/c1-21(2)17-9-5-3-7-13(17)15-11-16-14-8-4-6-10-19(14)23(22)20(16)12-18(15)21/h3-12H,22H2,1-2H3. The van der Waals surface area contributed by atoms with Gasteiger partial charge in [-0.1, -0.05) is 56.3 Å². The number of nitrogens with two attached hydrogens (primary N) is 1. The molecule has 0 fully saturated rings. The molecule has 23 heavy (non-hydrogen) atoms. The van der Waals surface area contributed by atoms with E-state index in [2.05, 4.69) is 68.4 Å². The Kier molecular flexibility index (Phi) is 2.20. The maximum atomic E-state index is 6.38. The van der Waals surface area contributed by atoms with E-state index in [1.54, 1.807) is 0 Å². The Morgan fingerprint density at radius 3 is 2.35 bits per heavy atom. The summed E-state index contributed by atoms with van der Waals surface area (Å²) in [6.45, 7) is 4.60. The topological polar surface area (TPSA) is 30.9 Å². The number of aromatic nitrogens is 1. The van der Waals surface area contributed by atoms with Crippen molar-refractivity contribution >= 4 is 21.8 Å². The smallest absolute Gasteiger partial charge is 0.0707 e. The molecule has 1 aromatic heterocycles. The lowest BCUT2D eigenvalue weighted by Crippen LogP contribution is -2.15. The molecule has 0 saturated heterocycles. The fraction of sp³-hybridized carbons (Fsp3) is 0.143. The molecule has 2 nitrogen and oxygen atoms in total. The number of para-hydroxylation sites is 1. The number of hydrogen-bond acceptors (Lipinski definition) is 1. The van der Waals surface area contributed by atoms with Gasteiger partial charge in [-0.3, -0.25) is 4.68 Å². The van der Waals surface area contributed by atoms with E-state index in [0.717, 1.165) is 11.0 Å². The molecule has 112 valence electrons. The molecule has 3 aromatic carbocycles. The summed E-state index contributed by atoms with van der Waals surface area (Å²) in [6, 6.07) is 21.7. The van der Waals surface area contributed by atoms with Crippen molar-refractivity contribution in [3.05, 3.63) is 71.8 Å². The van der Waals surface area contributed by atoms with Gasteiger partial charge in [0.05, 0.1) is 11.0 Å². The fourth-order valence-corrected chi connectivity index (χ4v) is 4.19. The third-order valence-electron chi connectivity index (χ3n) is 5.41. The Morgan fingerprint density at radius 2 is 1.48 bits per heavy atom. The van der Waals surface area contributed by atoms with Crippen LogP contribution in [0.15, 0.2) is 60.7 Å². The normalized spacial score (nSPS) is 15.0. The van der Waals surface area contributed by atoms with Gasteiger partial charge in [-0.2, -0.15) is 0 Å². The molecular formula is C21H18N2. The van der Waals surface area contributed by atoms with Crippen molar-refractivity contribution in [3.8, 4) is 11.1 Å². The van der Waals surface area contributed by atoms with Gasteiger partial charge >= 0.3 is 0 Å². The van der Waals surface area contributed by atoms with Crippen molar-refractivity contribution in [2.75, 3.05) is 5.84 Å². The molecular weight excluding hydrogens is 280 g/mol. The first-order chi connectivity index (χ1) is 11.1. The monoisotopic (exact) mass is 298 g/mol. The highest BCUT2D eigenvalue weighted by molar-refractivity contribution is 6.10. The molecule has 1 heterocycles. The van der Waals surface area contributed by atoms with Gasteiger partial charge < -0.3 is 5.84 Å². The van der Waals surface area contributed by atoms with Crippen LogP contribution in [0.5, 0.6) is 0 Å². The van der Waals surface area contributed by atoms with Crippen molar-refractivity contribution < 1.29 is 0 Å². The number of fused-ring (bicyclic) bond motifs is 6. The maximum absolute atomic E-state index is 6.38. The van der Waals surface area contributed by atoms with E-state index < -0.39 is 0 Å². The molecule has 0 spiro atoms. The molecule has 0 saturated carbocycles. The molecule has 4 aromatic rings. The summed E-state index contributed by atoms with van der Waals surface area (Å²) in [4.78, 5) is 0. The number of rotatable bonds is 0. The minimum absolute atomic E-state index is 0.0105. The second kappa shape index (κ2) is 3.96. The summed E-state index contributed by atoms with van der Waals surface area (Å²) in [7, 11) is 0. The van der Waals surface area contributed by atoms with Crippen molar-refractivity contribution in [3.63, 3.8) is 0 Å². The van der Waals surface area contributed by atoms with E-state index in [1.807, 2.05) is 10.7 Å². The molecule has 5 rings (SSSR count). The second-order valence-electron chi connectivity index (χ2n) is 6.97. The largest absolute Gasteiger partial charge is 0.339 e. The van der Waals surface area contributed by atoms with Crippen molar-refractivity contribution in [1.82, 2.24) is 4.68 Å². The SMILES string of the molecule is CC1(C)c2ccccc2-c2cc3c4ccccc4n(N)c3cc21. The predicted octanol–water partition coefficient (Wildman–Crippen LogP) is 4.81. The van der Waals surface area contributed by atoms with Crippen LogP contribution in [-0.4, -0.2) is 4.68 Å². The van der Waals surface area contributed by atoms with Crippen molar-refractivity contribution in [2.24, 2.45) is 0 Å². The third kappa shape index (κ3) is 1.43. The van der Waals surface area contributed by atoms with E-state index in [9.17, 15) is 0 Å². The van der Waals surface area contributed by atoms with Gasteiger partial charge in [0.25, 0.3) is 0 Å². The van der Waals surface area contributed by atoms with E-state index in [4.69, 9.17) is 5.84 Å². The first-order valence-corrected chi connectivity index (χ1v) is 8.01.